The topological polar surface area (TPSA) is 113 Å². The lowest BCUT2D eigenvalue weighted by atomic mass is 9.91. The Kier molecular flexibility index (Phi) is 9.45. The summed E-state index contributed by atoms with van der Waals surface area (Å²) in [7, 11) is 1.30. The summed E-state index contributed by atoms with van der Waals surface area (Å²) in [5, 5.41) is 0.0786. The van der Waals surface area contributed by atoms with Crippen molar-refractivity contribution in [2.45, 2.75) is 58.1 Å². The molecule has 0 aliphatic heterocycles. The molecule has 0 aromatic heterocycles. The number of carbonyl (C=O) groups is 3. The second-order valence-corrected chi connectivity index (χ2v) is 9.77. The van der Waals surface area contributed by atoms with Gasteiger partial charge in [0.1, 0.15) is 5.60 Å². The smallest absolute Gasteiger partial charge is 0.417 e. The van der Waals surface area contributed by atoms with Crippen LogP contribution in [0.4, 0.5) is 10.5 Å². The molecule has 0 heterocycles. The van der Waals surface area contributed by atoms with E-state index in [2.05, 4.69) is 0 Å². The van der Waals surface area contributed by atoms with Crippen molar-refractivity contribution in [2.24, 2.45) is 0 Å². The maximum absolute atomic E-state index is 12.7. The Hall–Kier alpha value is -2.43. The lowest BCUT2D eigenvalue weighted by molar-refractivity contribution is -0.128. The van der Waals surface area contributed by atoms with E-state index < -0.39 is 34.9 Å². The van der Waals surface area contributed by atoms with Gasteiger partial charge in [0.05, 0.1) is 23.4 Å². The molecule has 1 aliphatic carbocycles. The Labute approximate surface area is 201 Å². The van der Waals surface area contributed by atoms with Gasteiger partial charge < -0.3 is 9.47 Å². The molecule has 11 heteroatoms. The van der Waals surface area contributed by atoms with Crippen molar-refractivity contribution in [3.05, 3.63) is 40.4 Å². The van der Waals surface area contributed by atoms with Crippen molar-refractivity contribution in [3.8, 4) is 0 Å². The summed E-state index contributed by atoms with van der Waals surface area (Å²) in [5.74, 6) is -0.626. The fourth-order valence-corrected chi connectivity index (χ4v) is 4.58. The van der Waals surface area contributed by atoms with E-state index in [-0.39, 0.29) is 22.9 Å². The highest BCUT2D eigenvalue weighted by Gasteiger charge is 2.31. The zero-order valence-electron chi connectivity index (χ0n) is 19.1. The van der Waals surface area contributed by atoms with Gasteiger partial charge in [0.25, 0.3) is 23.6 Å². The Morgan fingerprint density at radius 3 is 2.61 bits per heavy atom. The fraction of sp³-hybridized carbons (Fsp3) is 0.500. The zero-order chi connectivity index (χ0) is 24.8. The number of imide groups is 1. The van der Waals surface area contributed by atoms with Crippen LogP contribution in [0.3, 0.4) is 0 Å². The molecule has 0 radical (unpaired) electrons. The lowest BCUT2D eigenvalue weighted by Gasteiger charge is -2.34. The van der Waals surface area contributed by atoms with E-state index in [1.807, 2.05) is 6.08 Å². The molecule has 9 nitrogen and oxygen atoms in total. The van der Waals surface area contributed by atoms with Crippen LogP contribution >= 0.6 is 11.6 Å². The average Bonchev–Trinajstić information content (AvgIpc) is 2.73. The number of hydrogen-bond donors (Lipinski definition) is 1. The zero-order valence-corrected chi connectivity index (χ0v) is 20.6. The first-order valence-corrected chi connectivity index (χ1v) is 11.9. The highest BCUT2D eigenvalue weighted by atomic mass is 35.5. The van der Waals surface area contributed by atoms with Gasteiger partial charge in [0.15, 0.2) is 0 Å². The maximum Gasteiger partial charge on any atom is 0.417 e. The molecule has 0 saturated heterocycles. The Balaban J connectivity index is 2.30. The van der Waals surface area contributed by atoms with E-state index in [0.717, 1.165) is 23.3 Å². The Morgan fingerprint density at radius 2 is 2.03 bits per heavy atom. The normalized spacial score (nSPS) is 16.9. The first-order chi connectivity index (χ1) is 15.5. The first kappa shape index (κ1) is 26.8. The third-order valence-corrected chi connectivity index (χ3v) is 6.04. The monoisotopic (exact) mass is 500 g/mol. The molecule has 1 aromatic carbocycles. The molecule has 1 aliphatic rings. The highest BCUT2D eigenvalue weighted by molar-refractivity contribution is 7.80. The summed E-state index contributed by atoms with van der Waals surface area (Å²) in [5.41, 5.74) is 0.495. The van der Waals surface area contributed by atoms with Gasteiger partial charge in [-0.2, -0.15) is 0 Å². The largest absolute Gasteiger partial charge is 0.468 e. The second kappa shape index (κ2) is 11.6. The minimum atomic E-state index is -2.41. The molecule has 0 fully saturated rings. The van der Waals surface area contributed by atoms with E-state index in [4.69, 9.17) is 21.1 Å². The summed E-state index contributed by atoms with van der Waals surface area (Å²) in [6.45, 7) is 5.60. The van der Waals surface area contributed by atoms with Crippen molar-refractivity contribution >= 4 is 47.0 Å². The van der Waals surface area contributed by atoms with Gasteiger partial charge >= 0.3 is 6.09 Å². The van der Waals surface area contributed by atoms with Gasteiger partial charge in [-0.1, -0.05) is 17.7 Å². The van der Waals surface area contributed by atoms with Crippen LogP contribution in [0.25, 0.3) is 0 Å². The Bertz CT molecular complexity index is 945. The number of anilines is 1. The standard InChI is InChI=1S/C22H29ClN2O7S/c1-22(2,3)32-21(28)24(4)20(27)16-9-10-19(17(23)13-16)25(33(29)30)18-8-6-5-7-15(18)11-12-31-14-26/h7,9-10,13-14,18H,5-6,8,11-12H2,1-4H3,(H,29,30). The number of hydrogen-bond acceptors (Lipinski definition) is 6. The average molecular weight is 501 g/mol. The van der Waals surface area contributed by atoms with Crippen molar-refractivity contribution in [1.29, 1.82) is 0 Å². The Morgan fingerprint density at radius 1 is 1.33 bits per heavy atom. The van der Waals surface area contributed by atoms with Crippen LogP contribution in [0.2, 0.25) is 5.02 Å². The molecule has 0 bridgehead atoms. The van der Waals surface area contributed by atoms with E-state index in [9.17, 15) is 23.1 Å². The molecule has 2 rings (SSSR count). The van der Waals surface area contributed by atoms with Crippen LogP contribution in [0.5, 0.6) is 0 Å². The van der Waals surface area contributed by atoms with Gasteiger partial charge in [-0.3, -0.25) is 18.4 Å². The summed E-state index contributed by atoms with van der Waals surface area (Å²) in [4.78, 5) is 36.2. The molecule has 2 atom stereocenters. The number of rotatable bonds is 8. The minimum Gasteiger partial charge on any atom is -0.468 e. The first-order valence-electron chi connectivity index (χ1n) is 10.4. The van der Waals surface area contributed by atoms with Crippen molar-refractivity contribution < 1.29 is 32.6 Å². The highest BCUT2D eigenvalue weighted by Crippen LogP contribution is 2.35. The second-order valence-electron chi connectivity index (χ2n) is 8.51. The summed E-state index contributed by atoms with van der Waals surface area (Å²) >= 11 is 4.03. The molecule has 0 saturated carbocycles. The SMILES string of the molecule is CN(C(=O)OC(C)(C)C)C(=O)c1ccc(N(C2CCCC=C2CCOC=O)S(=O)O)c(Cl)c1. The lowest BCUT2D eigenvalue weighted by Crippen LogP contribution is -2.40. The molecule has 0 spiro atoms. The fourth-order valence-electron chi connectivity index (χ4n) is 3.47. The predicted octanol–water partition coefficient (Wildman–Crippen LogP) is 4.33. The number of halogens is 1. The summed E-state index contributed by atoms with van der Waals surface area (Å²) < 4.78 is 33.6. The van der Waals surface area contributed by atoms with Crippen LogP contribution < -0.4 is 4.31 Å². The molecule has 182 valence electrons. The third-order valence-electron chi connectivity index (χ3n) is 4.95. The minimum absolute atomic E-state index is 0.0786. The molecular weight excluding hydrogens is 472 g/mol. The molecule has 1 N–H and O–H groups in total. The van der Waals surface area contributed by atoms with Gasteiger partial charge in [-0.15, -0.1) is 0 Å². The molecule has 1 aromatic rings. The molecule has 2 unspecified atom stereocenters. The predicted molar refractivity (Wildman–Crippen MR) is 125 cm³/mol. The molecule has 33 heavy (non-hydrogen) atoms. The van der Waals surface area contributed by atoms with E-state index in [1.54, 1.807) is 20.8 Å². The van der Waals surface area contributed by atoms with Crippen molar-refractivity contribution in [2.75, 3.05) is 18.0 Å². The van der Waals surface area contributed by atoms with Crippen molar-refractivity contribution in [3.63, 3.8) is 0 Å². The van der Waals surface area contributed by atoms with Crippen LogP contribution in [-0.2, 0) is 25.5 Å². The number of ether oxygens (including phenoxy) is 2. The van der Waals surface area contributed by atoms with E-state index in [1.165, 1.54) is 29.6 Å². The molecule has 2 amide bonds. The van der Waals surface area contributed by atoms with Crippen molar-refractivity contribution in [1.82, 2.24) is 4.90 Å². The van der Waals surface area contributed by atoms with Gasteiger partial charge in [0, 0.05) is 19.0 Å². The van der Waals surface area contributed by atoms with Gasteiger partial charge in [0.2, 0.25) is 0 Å². The number of carbonyl (C=O) groups excluding carboxylic acids is 3. The number of amides is 2. The third kappa shape index (κ3) is 7.28. The molecular formula is C22H29ClN2O7S. The van der Waals surface area contributed by atoms with Crippen LogP contribution in [0.1, 0.15) is 56.8 Å². The van der Waals surface area contributed by atoms with Crippen LogP contribution in [-0.4, -0.2) is 57.4 Å². The van der Waals surface area contributed by atoms with Gasteiger partial charge in [-0.25, -0.2) is 13.9 Å². The van der Waals surface area contributed by atoms with Crippen LogP contribution in [0.15, 0.2) is 29.8 Å². The maximum atomic E-state index is 12.7. The van der Waals surface area contributed by atoms with E-state index in [0.29, 0.717) is 19.3 Å². The number of benzene rings is 1. The summed E-state index contributed by atoms with van der Waals surface area (Å²) in [6, 6.07) is 3.83. The summed E-state index contributed by atoms with van der Waals surface area (Å²) in [6.07, 6.45) is 3.83. The van der Waals surface area contributed by atoms with Gasteiger partial charge in [-0.05, 0) is 63.8 Å². The van der Waals surface area contributed by atoms with E-state index >= 15 is 0 Å². The van der Waals surface area contributed by atoms with Crippen LogP contribution in [0, 0.1) is 0 Å². The number of nitrogens with zero attached hydrogens (tertiary/aromatic N) is 2. The quantitative estimate of drug-likeness (QED) is 0.244. The number of allylic oxidation sites excluding steroid dienone is 1.